The number of hydrogen-bond acceptors (Lipinski definition) is 9. The number of carbonyl (C=O) groups excluding carboxylic acids is 3. The SMILES string of the molecule is CCOC(=O)[C@@H]1O[C@H]1C(=O)N[C@H](C(=O)N1CCN(Cc2ccc(OC)c(OC)c2OC)CC1)C(C)C. The predicted molar refractivity (Wildman–Crippen MR) is 130 cm³/mol. The van der Waals surface area contributed by atoms with Crippen molar-refractivity contribution in [1.82, 2.24) is 15.1 Å². The van der Waals surface area contributed by atoms with Gasteiger partial charge in [0, 0.05) is 38.3 Å². The van der Waals surface area contributed by atoms with Crippen LogP contribution in [0.25, 0.3) is 0 Å². The van der Waals surface area contributed by atoms with Gasteiger partial charge in [0.1, 0.15) is 6.04 Å². The van der Waals surface area contributed by atoms with E-state index in [0.717, 1.165) is 5.56 Å². The number of rotatable bonds is 11. The van der Waals surface area contributed by atoms with E-state index < -0.39 is 30.1 Å². The first-order valence-electron chi connectivity index (χ1n) is 12.2. The van der Waals surface area contributed by atoms with Crippen molar-refractivity contribution in [3.05, 3.63) is 17.7 Å². The first kappa shape index (κ1) is 27.5. The van der Waals surface area contributed by atoms with Crippen LogP contribution in [0.4, 0.5) is 0 Å². The van der Waals surface area contributed by atoms with Crippen molar-refractivity contribution in [2.75, 3.05) is 54.1 Å². The summed E-state index contributed by atoms with van der Waals surface area (Å²) in [5.74, 6) is 0.463. The summed E-state index contributed by atoms with van der Waals surface area (Å²) in [4.78, 5) is 41.6. The van der Waals surface area contributed by atoms with Crippen LogP contribution in [0.2, 0.25) is 0 Å². The summed E-state index contributed by atoms with van der Waals surface area (Å²) in [5.41, 5.74) is 0.961. The second-order valence-corrected chi connectivity index (χ2v) is 9.05. The van der Waals surface area contributed by atoms with E-state index in [1.165, 1.54) is 0 Å². The Labute approximate surface area is 211 Å². The molecule has 0 unspecified atom stereocenters. The van der Waals surface area contributed by atoms with Gasteiger partial charge < -0.3 is 33.9 Å². The van der Waals surface area contributed by atoms with E-state index in [1.807, 2.05) is 26.0 Å². The van der Waals surface area contributed by atoms with Crippen molar-refractivity contribution in [1.29, 1.82) is 0 Å². The molecule has 2 fully saturated rings. The van der Waals surface area contributed by atoms with Crippen LogP contribution in [0.1, 0.15) is 26.3 Å². The maximum atomic E-state index is 13.3. The zero-order chi connectivity index (χ0) is 26.4. The molecule has 2 heterocycles. The Hall–Kier alpha value is -3.05. The van der Waals surface area contributed by atoms with Crippen LogP contribution < -0.4 is 19.5 Å². The molecule has 2 aliphatic heterocycles. The molecule has 0 radical (unpaired) electrons. The highest BCUT2D eigenvalue weighted by Crippen LogP contribution is 2.40. The maximum Gasteiger partial charge on any atom is 0.338 e. The van der Waals surface area contributed by atoms with Crippen LogP contribution in [0.3, 0.4) is 0 Å². The van der Waals surface area contributed by atoms with Crippen LogP contribution in [-0.4, -0.2) is 99.9 Å². The molecule has 1 N–H and O–H groups in total. The largest absolute Gasteiger partial charge is 0.493 e. The molecule has 2 amide bonds. The van der Waals surface area contributed by atoms with Gasteiger partial charge in [0.25, 0.3) is 5.91 Å². The minimum atomic E-state index is -0.911. The lowest BCUT2D eigenvalue weighted by Gasteiger charge is -2.37. The van der Waals surface area contributed by atoms with Crippen molar-refractivity contribution in [2.24, 2.45) is 5.92 Å². The molecular weight excluding hydrogens is 470 g/mol. The summed E-state index contributed by atoms with van der Waals surface area (Å²) >= 11 is 0. The number of amides is 2. The molecule has 1 aromatic carbocycles. The third kappa shape index (κ3) is 6.19. The molecule has 0 aromatic heterocycles. The topological polar surface area (TPSA) is 119 Å². The van der Waals surface area contributed by atoms with Crippen molar-refractivity contribution in [2.45, 2.75) is 45.6 Å². The average molecular weight is 508 g/mol. The Kier molecular flexibility index (Phi) is 9.38. The Morgan fingerprint density at radius 1 is 1.00 bits per heavy atom. The molecule has 11 heteroatoms. The van der Waals surface area contributed by atoms with Gasteiger partial charge in [-0.1, -0.05) is 19.9 Å². The smallest absolute Gasteiger partial charge is 0.338 e. The summed E-state index contributed by atoms with van der Waals surface area (Å²) in [6.07, 6.45) is -1.81. The number of benzene rings is 1. The Bertz CT molecular complexity index is 945. The molecule has 2 saturated heterocycles. The van der Waals surface area contributed by atoms with Gasteiger partial charge in [-0.15, -0.1) is 0 Å². The minimum Gasteiger partial charge on any atom is -0.493 e. The van der Waals surface area contributed by atoms with Gasteiger partial charge in [0.15, 0.2) is 23.7 Å². The van der Waals surface area contributed by atoms with Crippen molar-refractivity contribution >= 4 is 17.8 Å². The van der Waals surface area contributed by atoms with Crippen LogP contribution in [0.5, 0.6) is 17.2 Å². The van der Waals surface area contributed by atoms with E-state index in [0.29, 0.717) is 50.0 Å². The highest BCUT2D eigenvalue weighted by atomic mass is 16.6. The van der Waals surface area contributed by atoms with Gasteiger partial charge in [-0.05, 0) is 18.9 Å². The number of nitrogens with one attached hydrogen (secondary N) is 1. The number of carbonyl (C=O) groups is 3. The van der Waals surface area contributed by atoms with Crippen LogP contribution in [0.15, 0.2) is 12.1 Å². The number of esters is 1. The van der Waals surface area contributed by atoms with Gasteiger partial charge in [0.05, 0.1) is 27.9 Å². The van der Waals surface area contributed by atoms with Crippen LogP contribution >= 0.6 is 0 Å². The second-order valence-electron chi connectivity index (χ2n) is 9.05. The molecule has 3 atom stereocenters. The monoisotopic (exact) mass is 507 g/mol. The van der Waals surface area contributed by atoms with Crippen molar-refractivity contribution < 1.29 is 38.1 Å². The summed E-state index contributed by atoms with van der Waals surface area (Å²) < 4.78 is 26.5. The van der Waals surface area contributed by atoms with E-state index >= 15 is 0 Å². The summed E-state index contributed by atoms with van der Waals surface area (Å²) in [6, 6.07) is 3.09. The maximum absolute atomic E-state index is 13.3. The number of nitrogens with zero attached hydrogens (tertiary/aromatic N) is 2. The van der Waals surface area contributed by atoms with Crippen molar-refractivity contribution in [3.63, 3.8) is 0 Å². The van der Waals surface area contributed by atoms with Crippen LogP contribution in [0, 0.1) is 5.92 Å². The molecule has 0 bridgehead atoms. The Morgan fingerprint density at radius 3 is 2.22 bits per heavy atom. The van der Waals surface area contributed by atoms with E-state index in [4.69, 9.17) is 23.7 Å². The zero-order valence-electron chi connectivity index (χ0n) is 21.9. The molecular formula is C25H37N3O8. The highest BCUT2D eigenvalue weighted by molar-refractivity contribution is 5.95. The fraction of sp³-hybridized carbons (Fsp3) is 0.640. The highest BCUT2D eigenvalue weighted by Gasteiger charge is 2.52. The van der Waals surface area contributed by atoms with Crippen LogP contribution in [-0.2, 0) is 30.4 Å². The molecule has 36 heavy (non-hydrogen) atoms. The normalized spacial score (nSPS) is 20.5. The molecule has 1 aromatic rings. The van der Waals surface area contributed by atoms with E-state index in [9.17, 15) is 14.4 Å². The van der Waals surface area contributed by atoms with E-state index in [-0.39, 0.29) is 18.4 Å². The molecule has 11 nitrogen and oxygen atoms in total. The molecule has 0 saturated carbocycles. The number of methoxy groups -OCH3 is 3. The molecule has 200 valence electrons. The lowest BCUT2D eigenvalue weighted by Crippen LogP contribution is -2.56. The first-order valence-corrected chi connectivity index (χ1v) is 12.2. The minimum absolute atomic E-state index is 0.129. The number of hydrogen-bond donors (Lipinski definition) is 1. The standard InChI is InChI=1S/C25H37N3O8/c1-7-35-25(31)22-21(36-22)23(29)26-18(15(2)3)24(30)28-12-10-27(11-13-28)14-16-8-9-17(32-4)20(34-6)19(16)33-5/h8-9,15,18,21-22H,7,10-14H2,1-6H3,(H,26,29)/t18-,21+,22+/m0/s1. The van der Waals surface area contributed by atoms with Gasteiger partial charge in [-0.2, -0.15) is 0 Å². The lowest BCUT2D eigenvalue weighted by molar-refractivity contribution is -0.144. The molecule has 0 aliphatic carbocycles. The van der Waals surface area contributed by atoms with E-state index in [2.05, 4.69) is 10.2 Å². The van der Waals surface area contributed by atoms with Gasteiger partial charge in [0.2, 0.25) is 11.7 Å². The Morgan fingerprint density at radius 2 is 1.67 bits per heavy atom. The fourth-order valence-corrected chi connectivity index (χ4v) is 4.32. The average Bonchev–Trinajstić information content (AvgIpc) is 3.68. The quantitative estimate of drug-likeness (QED) is 0.343. The number of piperazine rings is 1. The molecule has 0 spiro atoms. The van der Waals surface area contributed by atoms with Gasteiger partial charge >= 0.3 is 5.97 Å². The third-order valence-electron chi connectivity index (χ3n) is 6.36. The third-order valence-corrected chi connectivity index (χ3v) is 6.36. The summed E-state index contributed by atoms with van der Waals surface area (Å²) in [7, 11) is 4.75. The second kappa shape index (κ2) is 12.3. The summed E-state index contributed by atoms with van der Waals surface area (Å²) in [5, 5.41) is 2.77. The first-order chi connectivity index (χ1) is 17.2. The number of epoxide rings is 1. The zero-order valence-corrected chi connectivity index (χ0v) is 21.9. The molecule has 2 aliphatic rings. The van der Waals surface area contributed by atoms with E-state index in [1.54, 1.807) is 33.2 Å². The lowest BCUT2D eigenvalue weighted by atomic mass is 10.0. The van der Waals surface area contributed by atoms with Gasteiger partial charge in [-0.3, -0.25) is 14.5 Å². The predicted octanol–water partition coefficient (Wildman–Crippen LogP) is 0.828. The fourth-order valence-electron chi connectivity index (χ4n) is 4.32. The number of ether oxygens (including phenoxy) is 5. The summed E-state index contributed by atoms with van der Waals surface area (Å²) in [6.45, 7) is 8.66. The molecule has 3 rings (SSSR count). The van der Waals surface area contributed by atoms with Crippen molar-refractivity contribution in [3.8, 4) is 17.2 Å². The Balaban J connectivity index is 1.57. The van der Waals surface area contributed by atoms with Gasteiger partial charge in [-0.25, -0.2) is 4.79 Å².